The first-order valence-electron chi connectivity index (χ1n) is 8.49. The molecule has 0 bridgehead atoms. The predicted molar refractivity (Wildman–Crippen MR) is 113 cm³/mol. The number of hydrogen-bond donors (Lipinski definition) is 0. The highest BCUT2D eigenvalue weighted by molar-refractivity contribution is 6.31. The Kier molecular flexibility index (Phi) is 9.73. The van der Waals surface area contributed by atoms with Gasteiger partial charge in [-0.25, -0.2) is 30.0 Å². The van der Waals surface area contributed by atoms with E-state index >= 15 is 0 Å². The van der Waals surface area contributed by atoms with Crippen LogP contribution in [0.15, 0.2) is 78.6 Å². The molecule has 1 aliphatic heterocycles. The van der Waals surface area contributed by atoms with Crippen LogP contribution >= 0.6 is 0 Å². The molecule has 0 atom stereocenters. The molecule has 0 aromatic heterocycles. The summed E-state index contributed by atoms with van der Waals surface area (Å²) in [7, 11) is 0. The van der Waals surface area contributed by atoms with Gasteiger partial charge in [-0.3, -0.25) is 9.59 Å². The zero-order chi connectivity index (χ0) is 20.6. The third-order valence-corrected chi connectivity index (χ3v) is 3.09. The molecule has 0 saturated carbocycles. The van der Waals surface area contributed by atoms with E-state index in [1.54, 1.807) is 48.7 Å². The van der Waals surface area contributed by atoms with E-state index < -0.39 is 11.8 Å². The number of benzene rings is 1. The summed E-state index contributed by atoms with van der Waals surface area (Å²) in [5, 5.41) is 1.04. The number of carbonyl (C=O) groups excluding carboxylic acids is 2. The van der Waals surface area contributed by atoms with Crippen LogP contribution in [0.4, 0.5) is 0 Å². The van der Waals surface area contributed by atoms with E-state index in [1.807, 2.05) is 0 Å². The number of amides is 2. The Bertz CT molecular complexity index is 1030. The van der Waals surface area contributed by atoms with E-state index in [1.165, 1.54) is 31.3 Å². The topological polar surface area (TPSA) is 118 Å². The lowest BCUT2D eigenvalue weighted by atomic mass is 10.2. The highest BCUT2D eigenvalue weighted by Gasteiger charge is 1.96. The van der Waals surface area contributed by atoms with Gasteiger partial charge in [0.25, 0.3) is 11.8 Å². The number of carbonyl (C=O) groups is 2. The minimum Gasteiger partial charge on any atom is -0.372 e. The van der Waals surface area contributed by atoms with Crippen LogP contribution < -0.4 is 10.6 Å². The molecule has 1 aromatic carbocycles. The average molecular weight is 390 g/mol. The van der Waals surface area contributed by atoms with Crippen molar-refractivity contribution in [1.82, 2.24) is 0 Å². The maximum absolute atomic E-state index is 12.0. The van der Waals surface area contributed by atoms with Crippen LogP contribution in [0, 0.1) is 0 Å². The lowest BCUT2D eigenvalue weighted by Gasteiger charge is -1.92. The standard InChI is InChI=1S/C20H18N6O3/c27-19-12-17-6-2-3-7-18(17)26-16-23-15-22-14-21-8-4-1-5-10-29-11-9-24-20(28)13-25-19/h1-9,12-16H,10-11H2/b5-1-,8-4-,17-12?,21-14?,22-15?,23-16?,24-9?,25-13?,26-18?. The van der Waals surface area contributed by atoms with Crippen molar-refractivity contribution in [1.29, 1.82) is 0 Å². The largest absolute Gasteiger partial charge is 0.372 e. The molecule has 0 unspecified atom stereocenters. The van der Waals surface area contributed by atoms with Crippen LogP contribution in [0.25, 0.3) is 6.08 Å². The van der Waals surface area contributed by atoms with E-state index in [0.29, 0.717) is 17.2 Å². The smallest absolute Gasteiger partial charge is 0.287 e. The van der Waals surface area contributed by atoms with E-state index in [-0.39, 0.29) is 6.61 Å². The number of fused-ring (bicyclic) bond motifs is 1. The monoisotopic (exact) mass is 390 g/mol. The molecule has 2 amide bonds. The zero-order valence-corrected chi connectivity index (χ0v) is 15.4. The predicted octanol–water partition coefficient (Wildman–Crippen LogP) is 0.466. The molecular formula is C20H18N6O3. The Labute approximate surface area is 166 Å². The summed E-state index contributed by atoms with van der Waals surface area (Å²) in [6, 6.07) is 6.93. The van der Waals surface area contributed by atoms with E-state index in [2.05, 4.69) is 30.0 Å². The first-order chi connectivity index (χ1) is 14.3. The second kappa shape index (κ2) is 13.2. The quantitative estimate of drug-likeness (QED) is 0.640. The molecular weight excluding hydrogens is 372 g/mol. The van der Waals surface area contributed by atoms with Crippen molar-refractivity contribution in [3.8, 4) is 0 Å². The van der Waals surface area contributed by atoms with Crippen molar-refractivity contribution in [2.75, 3.05) is 13.2 Å². The Morgan fingerprint density at radius 1 is 0.828 bits per heavy atom. The van der Waals surface area contributed by atoms with Gasteiger partial charge in [0.1, 0.15) is 19.0 Å². The fourth-order valence-corrected chi connectivity index (χ4v) is 1.87. The second-order valence-electron chi connectivity index (χ2n) is 5.18. The number of para-hydroxylation sites is 1. The van der Waals surface area contributed by atoms with Crippen molar-refractivity contribution in [3.05, 3.63) is 59.3 Å². The van der Waals surface area contributed by atoms with Gasteiger partial charge in [-0.2, -0.15) is 0 Å². The number of nitrogens with zero attached hydrogens (tertiary/aromatic N) is 6. The number of hydrogen-bond acceptors (Lipinski definition) is 7. The summed E-state index contributed by atoms with van der Waals surface area (Å²) in [5.74, 6) is -1.27. The van der Waals surface area contributed by atoms with E-state index in [9.17, 15) is 9.59 Å². The van der Waals surface area contributed by atoms with Crippen molar-refractivity contribution in [2.24, 2.45) is 30.0 Å². The molecule has 0 N–H and O–H groups in total. The zero-order valence-electron chi connectivity index (χ0n) is 15.4. The fraction of sp³-hybridized carbons (Fsp3) is 0.100. The number of aliphatic imine (C=N–C) groups is 5. The molecule has 0 aliphatic carbocycles. The van der Waals surface area contributed by atoms with Crippen LogP contribution in [0.1, 0.15) is 0 Å². The summed E-state index contributed by atoms with van der Waals surface area (Å²) in [6.45, 7) is 0.487. The fourth-order valence-electron chi connectivity index (χ4n) is 1.87. The van der Waals surface area contributed by atoms with Crippen molar-refractivity contribution in [2.45, 2.75) is 0 Å². The Balaban J connectivity index is 2.26. The van der Waals surface area contributed by atoms with E-state index in [4.69, 9.17) is 4.74 Å². The normalized spacial score (nSPS) is 18.5. The molecule has 2 rings (SSSR count). The lowest BCUT2D eigenvalue weighted by molar-refractivity contribution is -0.113. The molecule has 146 valence electrons. The molecule has 0 fully saturated rings. The molecule has 1 aromatic rings. The van der Waals surface area contributed by atoms with Crippen LogP contribution in [0.5, 0.6) is 0 Å². The van der Waals surface area contributed by atoms with Gasteiger partial charge in [0, 0.05) is 23.7 Å². The SMILES string of the molecule is O=C1C=NC(=O)C=c2ccccc2=NC=NC=NC=N/C=C\C=C/COCC=N1. The molecule has 1 aliphatic rings. The second-order valence-corrected chi connectivity index (χ2v) is 5.18. The summed E-state index contributed by atoms with van der Waals surface area (Å²) in [6.07, 6.45) is 14.1. The summed E-state index contributed by atoms with van der Waals surface area (Å²) >= 11 is 0. The van der Waals surface area contributed by atoms with Crippen molar-refractivity contribution in [3.63, 3.8) is 0 Å². The first-order valence-corrected chi connectivity index (χ1v) is 8.49. The molecule has 0 spiro atoms. The molecule has 29 heavy (non-hydrogen) atoms. The Morgan fingerprint density at radius 2 is 1.66 bits per heavy atom. The average Bonchev–Trinajstić information content (AvgIpc) is 2.72. The van der Waals surface area contributed by atoms with Gasteiger partial charge >= 0.3 is 0 Å². The molecule has 0 radical (unpaired) electrons. The van der Waals surface area contributed by atoms with Crippen LogP contribution in [-0.4, -0.2) is 56.5 Å². The maximum Gasteiger partial charge on any atom is 0.287 e. The molecule has 9 nitrogen and oxygen atoms in total. The van der Waals surface area contributed by atoms with Gasteiger partial charge in [-0.1, -0.05) is 30.4 Å². The Hall–Kier alpha value is -3.98. The van der Waals surface area contributed by atoms with Crippen LogP contribution in [0.2, 0.25) is 0 Å². The van der Waals surface area contributed by atoms with Gasteiger partial charge < -0.3 is 4.74 Å². The van der Waals surface area contributed by atoms with Gasteiger partial charge in [0.2, 0.25) is 0 Å². The molecule has 9 heteroatoms. The van der Waals surface area contributed by atoms with Crippen LogP contribution in [0.3, 0.4) is 0 Å². The maximum atomic E-state index is 12.0. The number of rotatable bonds is 0. The molecule has 0 saturated heterocycles. The summed E-state index contributed by atoms with van der Waals surface area (Å²) < 4.78 is 5.24. The Morgan fingerprint density at radius 3 is 2.59 bits per heavy atom. The van der Waals surface area contributed by atoms with Gasteiger partial charge in [-0.15, -0.1) is 0 Å². The molecule has 1 heterocycles. The van der Waals surface area contributed by atoms with Crippen molar-refractivity contribution >= 4 is 49.3 Å². The lowest BCUT2D eigenvalue weighted by Crippen LogP contribution is -2.25. The highest BCUT2D eigenvalue weighted by Crippen LogP contribution is 1.83. The minimum atomic E-state index is -0.658. The summed E-state index contributed by atoms with van der Waals surface area (Å²) in [5.41, 5.74) is 0. The number of ether oxygens (including phenoxy) is 1. The van der Waals surface area contributed by atoms with Gasteiger partial charge in [-0.05, 0) is 12.1 Å². The first kappa shape index (κ1) is 21.3. The van der Waals surface area contributed by atoms with Gasteiger partial charge in [0.15, 0.2) is 0 Å². The summed E-state index contributed by atoms with van der Waals surface area (Å²) in [4.78, 5) is 46.6. The third-order valence-electron chi connectivity index (χ3n) is 3.09. The number of allylic oxidation sites excluding steroid dienone is 2. The van der Waals surface area contributed by atoms with Crippen molar-refractivity contribution < 1.29 is 14.3 Å². The van der Waals surface area contributed by atoms with E-state index in [0.717, 1.165) is 6.21 Å². The van der Waals surface area contributed by atoms with Gasteiger partial charge in [0.05, 0.1) is 24.8 Å². The third kappa shape index (κ3) is 9.50. The van der Waals surface area contributed by atoms with Crippen LogP contribution in [-0.2, 0) is 14.3 Å². The highest BCUT2D eigenvalue weighted by atomic mass is 16.5. The minimum absolute atomic E-state index is 0.148.